The highest BCUT2D eigenvalue weighted by Gasteiger charge is 2.23. The lowest BCUT2D eigenvalue weighted by atomic mass is 10.0. The van der Waals surface area contributed by atoms with Crippen molar-refractivity contribution in [2.45, 2.75) is 18.9 Å². The SMILES string of the molecule is COc1cccc(NC2CCN(C(=O)c3ccncc3)CC2)c1. The summed E-state index contributed by atoms with van der Waals surface area (Å²) in [6, 6.07) is 11.9. The van der Waals surface area contributed by atoms with Crippen molar-refractivity contribution in [1.29, 1.82) is 0 Å². The van der Waals surface area contributed by atoms with Crippen LogP contribution >= 0.6 is 0 Å². The largest absolute Gasteiger partial charge is 0.497 e. The predicted octanol–water partition coefficient (Wildman–Crippen LogP) is 2.81. The Morgan fingerprint density at radius 2 is 1.96 bits per heavy atom. The average Bonchev–Trinajstić information content (AvgIpc) is 2.63. The lowest BCUT2D eigenvalue weighted by molar-refractivity contribution is 0.0718. The van der Waals surface area contributed by atoms with Gasteiger partial charge < -0.3 is 15.0 Å². The van der Waals surface area contributed by atoms with Crippen molar-refractivity contribution < 1.29 is 9.53 Å². The van der Waals surface area contributed by atoms with Gasteiger partial charge in [0.2, 0.25) is 0 Å². The number of nitrogens with one attached hydrogen (secondary N) is 1. The fourth-order valence-corrected chi connectivity index (χ4v) is 2.85. The summed E-state index contributed by atoms with van der Waals surface area (Å²) in [5, 5.41) is 3.53. The number of hydrogen-bond acceptors (Lipinski definition) is 4. The monoisotopic (exact) mass is 311 g/mol. The smallest absolute Gasteiger partial charge is 0.253 e. The highest BCUT2D eigenvalue weighted by atomic mass is 16.5. The average molecular weight is 311 g/mol. The number of carbonyl (C=O) groups excluding carboxylic acids is 1. The minimum absolute atomic E-state index is 0.0900. The Bertz CT molecular complexity index is 652. The lowest BCUT2D eigenvalue weighted by Gasteiger charge is -2.33. The van der Waals surface area contributed by atoms with Crippen LogP contribution in [0.2, 0.25) is 0 Å². The second-order valence-corrected chi connectivity index (χ2v) is 5.68. The third-order valence-electron chi connectivity index (χ3n) is 4.15. The number of aromatic nitrogens is 1. The minimum Gasteiger partial charge on any atom is -0.497 e. The van der Waals surface area contributed by atoms with E-state index in [1.54, 1.807) is 31.6 Å². The van der Waals surface area contributed by atoms with Crippen LogP contribution in [0.4, 0.5) is 5.69 Å². The normalized spacial score (nSPS) is 15.3. The summed E-state index contributed by atoms with van der Waals surface area (Å²) in [6.45, 7) is 1.53. The minimum atomic E-state index is 0.0900. The molecule has 0 saturated carbocycles. The fourth-order valence-electron chi connectivity index (χ4n) is 2.85. The lowest BCUT2D eigenvalue weighted by Crippen LogP contribution is -2.42. The molecule has 5 heteroatoms. The first-order valence-corrected chi connectivity index (χ1v) is 7.86. The number of likely N-dealkylation sites (tertiary alicyclic amines) is 1. The maximum absolute atomic E-state index is 12.4. The maximum Gasteiger partial charge on any atom is 0.253 e. The molecule has 3 rings (SSSR count). The van der Waals surface area contributed by atoms with Crippen LogP contribution in [0.25, 0.3) is 0 Å². The molecule has 0 radical (unpaired) electrons. The van der Waals surface area contributed by atoms with Crippen molar-refractivity contribution in [3.63, 3.8) is 0 Å². The molecule has 5 nitrogen and oxygen atoms in total. The van der Waals surface area contributed by atoms with Crippen molar-refractivity contribution in [2.75, 3.05) is 25.5 Å². The van der Waals surface area contributed by atoms with Crippen LogP contribution in [0.5, 0.6) is 5.75 Å². The van der Waals surface area contributed by atoms with E-state index in [1.807, 2.05) is 29.2 Å². The van der Waals surface area contributed by atoms with Crippen molar-refractivity contribution in [3.8, 4) is 5.75 Å². The standard InChI is InChI=1S/C18H21N3O2/c1-23-17-4-2-3-16(13-17)20-15-7-11-21(12-8-15)18(22)14-5-9-19-10-6-14/h2-6,9-10,13,15,20H,7-8,11-12H2,1H3. The summed E-state index contributed by atoms with van der Waals surface area (Å²) in [5.41, 5.74) is 1.77. The van der Waals surface area contributed by atoms with Gasteiger partial charge in [0.05, 0.1) is 7.11 Å². The number of benzene rings is 1. The van der Waals surface area contributed by atoms with Gasteiger partial charge in [-0.15, -0.1) is 0 Å². The quantitative estimate of drug-likeness (QED) is 0.943. The summed E-state index contributed by atoms with van der Waals surface area (Å²) < 4.78 is 5.24. The molecule has 1 N–H and O–H groups in total. The summed E-state index contributed by atoms with van der Waals surface area (Å²) >= 11 is 0. The predicted molar refractivity (Wildman–Crippen MR) is 89.8 cm³/mol. The number of pyridine rings is 1. The Kier molecular flexibility index (Phi) is 4.76. The number of ether oxygens (including phenoxy) is 1. The van der Waals surface area contributed by atoms with Crippen LogP contribution < -0.4 is 10.1 Å². The molecule has 23 heavy (non-hydrogen) atoms. The Labute approximate surface area is 136 Å². The van der Waals surface area contributed by atoms with Crippen LogP contribution in [0, 0.1) is 0 Å². The second kappa shape index (κ2) is 7.13. The molecule has 1 amide bonds. The Morgan fingerprint density at radius 3 is 2.65 bits per heavy atom. The molecule has 2 aromatic rings. The molecule has 1 aliphatic rings. The van der Waals surface area contributed by atoms with Crippen LogP contribution in [0.15, 0.2) is 48.8 Å². The molecule has 1 aliphatic heterocycles. The van der Waals surface area contributed by atoms with Gasteiger partial charge in [0.25, 0.3) is 5.91 Å². The van der Waals surface area contributed by atoms with E-state index in [1.165, 1.54) is 0 Å². The molecule has 1 fully saturated rings. The van der Waals surface area contributed by atoms with E-state index in [2.05, 4.69) is 10.3 Å². The highest BCUT2D eigenvalue weighted by Crippen LogP contribution is 2.21. The number of anilines is 1. The van der Waals surface area contributed by atoms with Crippen molar-refractivity contribution >= 4 is 11.6 Å². The first kappa shape index (κ1) is 15.3. The van der Waals surface area contributed by atoms with Crippen LogP contribution in [-0.2, 0) is 0 Å². The first-order chi connectivity index (χ1) is 11.3. The van der Waals surface area contributed by atoms with Crippen LogP contribution in [0.3, 0.4) is 0 Å². The van der Waals surface area contributed by atoms with Gasteiger partial charge >= 0.3 is 0 Å². The number of nitrogens with zero attached hydrogens (tertiary/aromatic N) is 2. The summed E-state index contributed by atoms with van der Waals surface area (Å²) in [7, 11) is 1.67. The van der Waals surface area contributed by atoms with E-state index >= 15 is 0 Å². The number of piperidine rings is 1. The zero-order chi connectivity index (χ0) is 16.1. The van der Waals surface area contributed by atoms with Gasteiger partial charge in [-0.25, -0.2) is 0 Å². The van der Waals surface area contributed by atoms with Crippen molar-refractivity contribution in [3.05, 3.63) is 54.4 Å². The molecule has 0 bridgehead atoms. The molecule has 120 valence electrons. The van der Waals surface area contributed by atoms with E-state index in [0.717, 1.165) is 37.4 Å². The highest BCUT2D eigenvalue weighted by molar-refractivity contribution is 5.94. The number of carbonyl (C=O) groups is 1. The van der Waals surface area contributed by atoms with Crippen molar-refractivity contribution in [1.82, 2.24) is 9.88 Å². The molecule has 0 spiro atoms. The van der Waals surface area contributed by atoms with Gasteiger partial charge in [0, 0.05) is 48.8 Å². The molecular weight excluding hydrogens is 290 g/mol. The number of amides is 1. The van der Waals surface area contributed by atoms with Gasteiger partial charge in [-0.3, -0.25) is 9.78 Å². The number of rotatable bonds is 4. The zero-order valence-electron chi connectivity index (χ0n) is 13.2. The molecule has 1 saturated heterocycles. The van der Waals surface area contributed by atoms with Crippen molar-refractivity contribution in [2.24, 2.45) is 0 Å². The van der Waals surface area contributed by atoms with Gasteiger partial charge in [0.15, 0.2) is 0 Å². The third kappa shape index (κ3) is 3.80. The van der Waals surface area contributed by atoms with E-state index in [-0.39, 0.29) is 5.91 Å². The number of hydrogen-bond donors (Lipinski definition) is 1. The Hall–Kier alpha value is -2.56. The third-order valence-corrected chi connectivity index (χ3v) is 4.15. The second-order valence-electron chi connectivity index (χ2n) is 5.68. The van der Waals surface area contributed by atoms with Gasteiger partial charge in [-0.05, 0) is 37.1 Å². The van der Waals surface area contributed by atoms with Gasteiger partial charge in [0.1, 0.15) is 5.75 Å². The van der Waals surface area contributed by atoms with Crippen LogP contribution in [-0.4, -0.2) is 42.0 Å². The first-order valence-electron chi connectivity index (χ1n) is 7.86. The summed E-state index contributed by atoms with van der Waals surface area (Å²) in [6.07, 6.45) is 5.19. The summed E-state index contributed by atoms with van der Waals surface area (Å²) in [4.78, 5) is 18.3. The Morgan fingerprint density at radius 1 is 1.22 bits per heavy atom. The molecule has 2 heterocycles. The van der Waals surface area contributed by atoms with E-state index in [0.29, 0.717) is 11.6 Å². The molecule has 0 aliphatic carbocycles. The van der Waals surface area contributed by atoms with E-state index < -0.39 is 0 Å². The molecule has 0 unspecified atom stereocenters. The number of methoxy groups -OCH3 is 1. The van der Waals surface area contributed by atoms with E-state index in [4.69, 9.17) is 4.74 Å². The fraction of sp³-hybridized carbons (Fsp3) is 0.333. The molecule has 1 aromatic heterocycles. The van der Waals surface area contributed by atoms with Gasteiger partial charge in [-0.2, -0.15) is 0 Å². The van der Waals surface area contributed by atoms with Gasteiger partial charge in [-0.1, -0.05) is 6.07 Å². The molecular formula is C18H21N3O2. The zero-order valence-corrected chi connectivity index (χ0v) is 13.2. The van der Waals surface area contributed by atoms with Crippen LogP contribution in [0.1, 0.15) is 23.2 Å². The molecule has 0 atom stereocenters. The topological polar surface area (TPSA) is 54.5 Å². The molecule has 1 aromatic carbocycles. The summed E-state index contributed by atoms with van der Waals surface area (Å²) in [5.74, 6) is 0.938. The Balaban J connectivity index is 1.55. The maximum atomic E-state index is 12.4. The van der Waals surface area contributed by atoms with E-state index in [9.17, 15) is 4.79 Å².